The van der Waals surface area contributed by atoms with Crippen LogP contribution >= 0.6 is 0 Å². The lowest BCUT2D eigenvalue weighted by Gasteiger charge is -2.41. The van der Waals surface area contributed by atoms with Crippen LogP contribution < -0.4 is 0 Å². The summed E-state index contributed by atoms with van der Waals surface area (Å²) in [6.07, 6.45) is 3.84. The van der Waals surface area contributed by atoms with Crippen LogP contribution in [0.5, 0.6) is 0 Å². The zero-order valence-corrected chi connectivity index (χ0v) is 19.3. The number of amides is 2. The molecule has 0 aliphatic carbocycles. The molecule has 0 spiro atoms. The third kappa shape index (κ3) is 5.33. The monoisotopic (exact) mass is 440 g/mol. The van der Waals surface area contributed by atoms with E-state index in [1.54, 1.807) is 7.11 Å². The lowest BCUT2D eigenvalue weighted by atomic mass is 9.82. The molecule has 0 radical (unpaired) electrons. The van der Waals surface area contributed by atoms with Crippen LogP contribution in [-0.2, 0) is 17.6 Å². The second-order valence-electron chi connectivity index (χ2n) is 9.19. The molecule has 174 valence electrons. The molecule has 4 rings (SSSR count). The number of hydrogen-bond acceptors (Lipinski definition) is 4. The number of aromatic amines is 1. The number of carbonyl (C=O) groups excluding carboxylic acids is 1. The Balaban J connectivity index is 1.54. The SMILES string of the molecule is CCc1ccc(C2CC(c3cc(CCOC)[nH]n3)CN(C(=O)N3CCC(O)CC3)C2)cc1. The van der Waals surface area contributed by atoms with Crippen molar-refractivity contribution in [2.45, 2.75) is 57.0 Å². The van der Waals surface area contributed by atoms with Crippen molar-refractivity contribution in [1.82, 2.24) is 20.0 Å². The molecular formula is C25H36N4O3. The third-order valence-corrected chi connectivity index (χ3v) is 6.96. The summed E-state index contributed by atoms with van der Waals surface area (Å²) in [6.45, 7) is 5.47. The first-order valence-corrected chi connectivity index (χ1v) is 11.9. The number of carbonyl (C=O) groups is 1. The Hall–Kier alpha value is -2.38. The van der Waals surface area contributed by atoms with E-state index in [4.69, 9.17) is 4.74 Å². The van der Waals surface area contributed by atoms with Crippen LogP contribution in [0.2, 0.25) is 0 Å². The molecule has 2 atom stereocenters. The van der Waals surface area contributed by atoms with Crippen LogP contribution in [0.15, 0.2) is 30.3 Å². The van der Waals surface area contributed by atoms with Crippen molar-refractivity contribution in [2.75, 3.05) is 39.9 Å². The van der Waals surface area contributed by atoms with E-state index in [0.717, 1.165) is 37.2 Å². The van der Waals surface area contributed by atoms with Gasteiger partial charge in [0.25, 0.3) is 0 Å². The van der Waals surface area contributed by atoms with Crippen LogP contribution in [0, 0.1) is 0 Å². The summed E-state index contributed by atoms with van der Waals surface area (Å²) < 4.78 is 5.19. The average Bonchev–Trinajstić information content (AvgIpc) is 3.31. The average molecular weight is 441 g/mol. The van der Waals surface area contributed by atoms with Gasteiger partial charge in [-0.1, -0.05) is 31.2 Å². The van der Waals surface area contributed by atoms with Gasteiger partial charge >= 0.3 is 6.03 Å². The number of nitrogens with one attached hydrogen (secondary N) is 1. The molecular weight excluding hydrogens is 404 g/mol. The van der Waals surface area contributed by atoms with Crippen molar-refractivity contribution in [3.05, 3.63) is 52.8 Å². The summed E-state index contributed by atoms with van der Waals surface area (Å²) in [4.78, 5) is 17.3. The summed E-state index contributed by atoms with van der Waals surface area (Å²) in [5.41, 5.74) is 4.71. The Morgan fingerprint density at radius 2 is 1.88 bits per heavy atom. The molecule has 2 fully saturated rings. The molecule has 1 aromatic heterocycles. The lowest BCUT2D eigenvalue weighted by molar-refractivity contribution is 0.0755. The zero-order valence-electron chi connectivity index (χ0n) is 19.3. The number of aliphatic hydroxyl groups excluding tert-OH is 1. The molecule has 0 saturated carbocycles. The second-order valence-corrected chi connectivity index (χ2v) is 9.19. The number of likely N-dealkylation sites (tertiary alicyclic amines) is 2. The topological polar surface area (TPSA) is 81.7 Å². The van der Waals surface area contributed by atoms with Gasteiger partial charge in [-0.2, -0.15) is 5.10 Å². The Labute approximate surface area is 190 Å². The number of aromatic nitrogens is 2. The molecule has 7 heteroatoms. The van der Waals surface area contributed by atoms with E-state index >= 15 is 0 Å². The summed E-state index contributed by atoms with van der Waals surface area (Å²) in [5.74, 6) is 0.463. The summed E-state index contributed by atoms with van der Waals surface area (Å²) in [5, 5.41) is 17.6. The van der Waals surface area contributed by atoms with Crippen molar-refractivity contribution in [1.29, 1.82) is 0 Å². The van der Waals surface area contributed by atoms with Crippen LogP contribution in [0.25, 0.3) is 0 Å². The Kier molecular flexibility index (Phi) is 7.48. The van der Waals surface area contributed by atoms with E-state index in [2.05, 4.69) is 47.5 Å². The van der Waals surface area contributed by atoms with Gasteiger partial charge in [0.15, 0.2) is 0 Å². The summed E-state index contributed by atoms with van der Waals surface area (Å²) >= 11 is 0. The number of aryl methyl sites for hydroxylation is 1. The number of rotatable bonds is 6. The molecule has 2 N–H and O–H groups in total. The number of benzene rings is 1. The molecule has 32 heavy (non-hydrogen) atoms. The number of methoxy groups -OCH3 is 1. The van der Waals surface area contributed by atoms with E-state index < -0.39 is 0 Å². The van der Waals surface area contributed by atoms with Crippen LogP contribution in [-0.4, -0.2) is 77.1 Å². The molecule has 2 unspecified atom stereocenters. The molecule has 2 aromatic rings. The fourth-order valence-corrected chi connectivity index (χ4v) is 4.92. The van der Waals surface area contributed by atoms with E-state index in [1.807, 2.05) is 9.80 Å². The van der Waals surface area contributed by atoms with Gasteiger partial charge < -0.3 is 19.6 Å². The van der Waals surface area contributed by atoms with E-state index in [1.165, 1.54) is 11.1 Å². The molecule has 2 aliphatic heterocycles. The van der Waals surface area contributed by atoms with Crippen molar-refractivity contribution in [3.8, 4) is 0 Å². The number of ether oxygens (including phenoxy) is 1. The van der Waals surface area contributed by atoms with Crippen molar-refractivity contribution in [3.63, 3.8) is 0 Å². The fourth-order valence-electron chi connectivity index (χ4n) is 4.92. The van der Waals surface area contributed by atoms with Crippen molar-refractivity contribution in [2.24, 2.45) is 0 Å². The first kappa shape index (κ1) is 22.8. The van der Waals surface area contributed by atoms with Gasteiger partial charge in [-0.25, -0.2) is 4.79 Å². The molecule has 0 bridgehead atoms. The minimum atomic E-state index is -0.285. The maximum Gasteiger partial charge on any atom is 0.320 e. The number of hydrogen-bond donors (Lipinski definition) is 2. The number of urea groups is 1. The van der Waals surface area contributed by atoms with E-state index in [9.17, 15) is 9.90 Å². The lowest BCUT2D eigenvalue weighted by Crippen LogP contribution is -2.51. The highest BCUT2D eigenvalue weighted by Crippen LogP contribution is 2.36. The Morgan fingerprint density at radius 3 is 2.56 bits per heavy atom. The summed E-state index contributed by atoms with van der Waals surface area (Å²) in [7, 11) is 1.70. The van der Waals surface area contributed by atoms with Gasteiger partial charge in [0.1, 0.15) is 0 Å². The second kappa shape index (κ2) is 10.5. The minimum absolute atomic E-state index is 0.0897. The fraction of sp³-hybridized carbons (Fsp3) is 0.600. The first-order valence-electron chi connectivity index (χ1n) is 11.9. The van der Waals surface area contributed by atoms with Crippen molar-refractivity contribution >= 4 is 6.03 Å². The van der Waals surface area contributed by atoms with Crippen LogP contribution in [0.4, 0.5) is 4.79 Å². The molecule has 3 heterocycles. The quantitative estimate of drug-likeness (QED) is 0.722. The van der Waals surface area contributed by atoms with Gasteiger partial charge in [0, 0.05) is 57.2 Å². The third-order valence-electron chi connectivity index (χ3n) is 6.96. The predicted octanol–water partition coefficient (Wildman–Crippen LogP) is 3.31. The van der Waals surface area contributed by atoms with E-state index in [0.29, 0.717) is 39.1 Å². The highest BCUT2D eigenvalue weighted by Gasteiger charge is 2.35. The van der Waals surface area contributed by atoms with Gasteiger partial charge in [-0.15, -0.1) is 0 Å². The zero-order chi connectivity index (χ0) is 22.5. The molecule has 2 amide bonds. The van der Waals surface area contributed by atoms with Crippen LogP contribution in [0.3, 0.4) is 0 Å². The Bertz CT molecular complexity index is 874. The number of nitrogens with zero attached hydrogens (tertiary/aromatic N) is 3. The first-order chi connectivity index (χ1) is 15.6. The largest absolute Gasteiger partial charge is 0.393 e. The van der Waals surface area contributed by atoms with Gasteiger partial charge in [0.2, 0.25) is 0 Å². The number of piperidine rings is 2. The van der Waals surface area contributed by atoms with Gasteiger partial charge in [0.05, 0.1) is 18.4 Å². The minimum Gasteiger partial charge on any atom is -0.393 e. The highest BCUT2D eigenvalue weighted by atomic mass is 16.5. The highest BCUT2D eigenvalue weighted by molar-refractivity contribution is 5.75. The standard InChI is InChI=1S/C25H36N4O3/c1-3-18-4-6-19(7-5-18)20-14-21(24-15-22(26-27-24)10-13-32-2)17-29(16-20)25(31)28-11-8-23(30)9-12-28/h4-7,15,20-21,23,30H,3,8-14,16-17H2,1-2H3,(H,26,27). The van der Waals surface area contributed by atoms with Crippen molar-refractivity contribution < 1.29 is 14.6 Å². The molecule has 1 aromatic carbocycles. The maximum atomic E-state index is 13.4. The maximum absolute atomic E-state index is 13.4. The molecule has 2 aliphatic rings. The molecule has 7 nitrogen and oxygen atoms in total. The number of H-pyrrole nitrogens is 1. The Morgan fingerprint density at radius 1 is 1.16 bits per heavy atom. The van der Waals surface area contributed by atoms with Gasteiger partial charge in [-0.3, -0.25) is 5.10 Å². The normalized spacial score (nSPS) is 22.3. The van der Waals surface area contributed by atoms with Gasteiger partial charge in [-0.05, 0) is 42.9 Å². The van der Waals surface area contributed by atoms with E-state index in [-0.39, 0.29) is 24.0 Å². The number of aliphatic hydroxyl groups is 1. The summed E-state index contributed by atoms with van der Waals surface area (Å²) in [6, 6.07) is 11.1. The predicted molar refractivity (Wildman–Crippen MR) is 124 cm³/mol. The van der Waals surface area contributed by atoms with Crippen LogP contribution in [0.1, 0.15) is 60.5 Å². The molecule has 2 saturated heterocycles. The smallest absolute Gasteiger partial charge is 0.320 e.